The Balaban J connectivity index is 2.44. The first-order valence-corrected chi connectivity index (χ1v) is 9.00. The predicted octanol–water partition coefficient (Wildman–Crippen LogP) is 3.76. The van der Waals surface area contributed by atoms with Gasteiger partial charge in [0.05, 0.1) is 16.9 Å². The van der Waals surface area contributed by atoms with Crippen molar-refractivity contribution in [3.8, 4) is 16.9 Å². The van der Waals surface area contributed by atoms with Crippen LogP contribution in [0.15, 0.2) is 41.3 Å². The number of hydrogen-bond donors (Lipinski definition) is 1. The second-order valence-corrected chi connectivity index (χ2v) is 7.21. The summed E-state index contributed by atoms with van der Waals surface area (Å²) in [6.45, 7) is 0. The molecule has 0 aliphatic carbocycles. The summed E-state index contributed by atoms with van der Waals surface area (Å²) < 4.78 is 118. The molecule has 29 heavy (non-hydrogen) atoms. The summed E-state index contributed by atoms with van der Waals surface area (Å²) in [7, 11) is -4.51. The molecule has 3 rings (SSSR count). The van der Waals surface area contributed by atoms with Crippen molar-refractivity contribution in [1.82, 2.24) is 9.78 Å². The Bertz CT molecular complexity index is 1220. The topological polar surface area (TPSA) is 78.0 Å². The standard InChI is InChI=1S/C16H8F7N3O2S/c17-7-5-8(18)14(19)15(20)13(7)10-6-12(16(21,22)23)25-26(10)9-3-1-2-4-11(9)29(24,27)28/h1-6H,(H2,24,27,28). The van der Waals surface area contributed by atoms with Crippen molar-refractivity contribution in [3.63, 3.8) is 0 Å². The molecule has 2 N–H and O–H groups in total. The van der Waals surface area contributed by atoms with E-state index < -0.39 is 67.0 Å². The Morgan fingerprint density at radius 3 is 2.14 bits per heavy atom. The number of nitrogens with two attached hydrogens (primary N) is 1. The molecule has 0 bridgehead atoms. The Hall–Kier alpha value is -2.93. The monoisotopic (exact) mass is 439 g/mol. The van der Waals surface area contributed by atoms with E-state index in [0.717, 1.165) is 12.1 Å². The third-order valence-corrected chi connectivity index (χ3v) is 4.73. The summed E-state index contributed by atoms with van der Waals surface area (Å²) in [6, 6.07) is 4.37. The van der Waals surface area contributed by atoms with Crippen LogP contribution in [0.2, 0.25) is 0 Å². The van der Waals surface area contributed by atoms with Crippen molar-refractivity contribution in [2.24, 2.45) is 5.14 Å². The maximum Gasteiger partial charge on any atom is 0.435 e. The van der Waals surface area contributed by atoms with E-state index >= 15 is 0 Å². The number of alkyl halides is 3. The van der Waals surface area contributed by atoms with Crippen LogP contribution in [-0.2, 0) is 16.2 Å². The molecule has 0 saturated heterocycles. The van der Waals surface area contributed by atoms with Crippen molar-refractivity contribution in [2.45, 2.75) is 11.1 Å². The SMILES string of the molecule is NS(=O)(=O)c1ccccc1-n1nc(C(F)(F)F)cc1-c1c(F)cc(F)c(F)c1F. The molecule has 5 nitrogen and oxygen atoms in total. The average Bonchev–Trinajstić information content (AvgIpc) is 3.04. The molecular formula is C16H8F7N3O2S. The Morgan fingerprint density at radius 1 is 0.931 bits per heavy atom. The average molecular weight is 439 g/mol. The molecule has 3 aromatic rings. The van der Waals surface area contributed by atoms with E-state index in [2.05, 4.69) is 5.10 Å². The molecule has 13 heteroatoms. The van der Waals surface area contributed by atoms with Crippen LogP contribution in [0.25, 0.3) is 16.9 Å². The van der Waals surface area contributed by atoms with Gasteiger partial charge in [-0.15, -0.1) is 0 Å². The molecule has 0 spiro atoms. The number of hydrogen-bond acceptors (Lipinski definition) is 3. The van der Waals surface area contributed by atoms with E-state index in [1.807, 2.05) is 0 Å². The zero-order chi connectivity index (χ0) is 21.7. The van der Waals surface area contributed by atoms with E-state index in [1.165, 1.54) is 12.1 Å². The molecule has 0 aliphatic heterocycles. The molecule has 0 amide bonds. The van der Waals surface area contributed by atoms with Crippen LogP contribution in [0.1, 0.15) is 5.69 Å². The van der Waals surface area contributed by atoms with Gasteiger partial charge in [-0.05, 0) is 18.2 Å². The van der Waals surface area contributed by atoms with Crippen molar-refractivity contribution < 1.29 is 39.2 Å². The van der Waals surface area contributed by atoms with Gasteiger partial charge in [0.15, 0.2) is 23.1 Å². The Morgan fingerprint density at radius 2 is 1.55 bits per heavy atom. The van der Waals surface area contributed by atoms with Gasteiger partial charge < -0.3 is 0 Å². The lowest BCUT2D eigenvalue weighted by Gasteiger charge is -2.13. The van der Waals surface area contributed by atoms with Crippen LogP contribution in [0, 0.1) is 23.3 Å². The fraction of sp³-hybridized carbons (Fsp3) is 0.0625. The lowest BCUT2D eigenvalue weighted by molar-refractivity contribution is -0.141. The first-order valence-electron chi connectivity index (χ1n) is 7.45. The minimum atomic E-state index is -5.11. The maximum absolute atomic E-state index is 14.2. The van der Waals surface area contributed by atoms with Gasteiger partial charge in [-0.25, -0.2) is 35.8 Å². The zero-order valence-corrected chi connectivity index (χ0v) is 14.6. The fourth-order valence-electron chi connectivity index (χ4n) is 2.56. The number of nitrogens with zero attached hydrogens (tertiary/aromatic N) is 2. The highest BCUT2D eigenvalue weighted by atomic mass is 32.2. The van der Waals surface area contributed by atoms with Gasteiger partial charge in [-0.1, -0.05) is 12.1 Å². The van der Waals surface area contributed by atoms with Gasteiger partial charge in [-0.2, -0.15) is 18.3 Å². The number of sulfonamides is 1. The molecule has 0 unspecified atom stereocenters. The highest BCUT2D eigenvalue weighted by Crippen LogP contribution is 2.37. The molecule has 0 atom stereocenters. The minimum Gasteiger partial charge on any atom is -0.231 e. The molecule has 154 valence electrons. The number of aromatic nitrogens is 2. The molecule has 0 radical (unpaired) electrons. The highest BCUT2D eigenvalue weighted by molar-refractivity contribution is 7.89. The molecule has 1 heterocycles. The normalized spacial score (nSPS) is 12.4. The first-order chi connectivity index (χ1) is 13.3. The smallest absolute Gasteiger partial charge is 0.231 e. The largest absolute Gasteiger partial charge is 0.435 e. The first kappa shape index (κ1) is 20.8. The zero-order valence-electron chi connectivity index (χ0n) is 13.8. The van der Waals surface area contributed by atoms with Crippen LogP contribution in [-0.4, -0.2) is 18.2 Å². The van der Waals surface area contributed by atoms with Crippen LogP contribution >= 0.6 is 0 Å². The Kier molecular flexibility index (Phi) is 4.91. The van der Waals surface area contributed by atoms with Crippen LogP contribution in [0.4, 0.5) is 30.7 Å². The van der Waals surface area contributed by atoms with Crippen molar-refractivity contribution in [2.75, 3.05) is 0 Å². The third-order valence-electron chi connectivity index (χ3n) is 3.77. The van der Waals surface area contributed by atoms with Crippen molar-refractivity contribution in [1.29, 1.82) is 0 Å². The summed E-state index contributed by atoms with van der Waals surface area (Å²) >= 11 is 0. The molecule has 2 aromatic carbocycles. The van der Waals surface area contributed by atoms with Crippen LogP contribution in [0.5, 0.6) is 0 Å². The van der Waals surface area contributed by atoms with Gasteiger partial charge >= 0.3 is 6.18 Å². The van der Waals surface area contributed by atoms with Crippen LogP contribution < -0.4 is 5.14 Å². The van der Waals surface area contributed by atoms with E-state index in [4.69, 9.17) is 5.14 Å². The molecular weight excluding hydrogens is 431 g/mol. The minimum absolute atomic E-state index is 0.0655. The summed E-state index contributed by atoms with van der Waals surface area (Å²) in [5, 5.41) is 8.19. The summed E-state index contributed by atoms with van der Waals surface area (Å²) in [4.78, 5) is -0.721. The van der Waals surface area contributed by atoms with Gasteiger partial charge in [0.2, 0.25) is 10.0 Å². The summed E-state index contributed by atoms with van der Waals surface area (Å²) in [5.41, 5.74) is -4.65. The van der Waals surface area contributed by atoms with Gasteiger partial charge in [0.1, 0.15) is 10.7 Å². The fourth-order valence-corrected chi connectivity index (χ4v) is 3.27. The number of primary sulfonamides is 1. The predicted molar refractivity (Wildman–Crippen MR) is 85.2 cm³/mol. The van der Waals surface area contributed by atoms with Crippen molar-refractivity contribution in [3.05, 3.63) is 65.4 Å². The lowest BCUT2D eigenvalue weighted by Crippen LogP contribution is -2.16. The maximum atomic E-state index is 14.2. The van der Waals surface area contributed by atoms with Crippen molar-refractivity contribution >= 4 is 10.0 Å². The van der Waals surface area contributed by atoms with E-state index in [-0.39, 0.29) is 16.8 Å². The highest BCUT2D eigenvalue weighted by Gasteiger charge is 2.37. The van der Waals surface area contributed by atoms with E-state index in [0.29, 0.717) is 0 Å². The van der Waals surface area contributed by atoms with E-state index in [9.17, 15) is 39.2 Å². The number of rotatable bonds is 3. The summed E-state index contributed by atoms with van der Waals surface area (Å²) in [5.74, 6) is -7.90. The molecule has 1 aromatic heterocycles. The second kappa shape index (κ2) is 6.84. The number of benzene rings is 2. The van der Waals surface area contributed by atoms with Crippen LogP contribution in [0.3, 0.4) is 0 Å². The second-order valence-electron chi connectivity index (χ2n) is 5.68. The van der Waals surface area contributed by atoms with Gasteiger partial charge in [0, 0.05) is 6.07 Å². The molecule has 0 fully saturated rings. The Labute approximate surface area is 158 Å². The third kappa shape index (κ3) is 3.70. The van der Waals surface area contributed by atoms with Gasteiger partial charge in [0.25, 0.3) is 0 Å². The van der Waals surface area contributed by atoms with E-state index in [1.54, 1.807) is 0 Å². The van der Waals surface area contributed by atoms with Gasteiger partial charge in [-0.3, -0.25) is 0 Å². The quantitative estimate of drug-likeness (QED) is 0.384. The number of halogens is 7. The summed E-state index contributed by atoms with van der Waals surface area (Å²) in [6.07, 6.45) is -5.11. The lowest BCUT2D eigenvalue weighted by atomic mass is 10.1. The number of para-hydroxylation sites is 1. The molecule has 0 saturated carbocycles. The molecule has 0 aliphatic rings.